The second-order valence-corrected chi connectivity index (χ2v) is 8.86. The zero-order valence-corrected chi connectivity index (χ0v) is 21.0. The second-order valence-electron chi connectivity index (χ2n) is 8.00. The van der Waals surface area contributed by atoms with Crippen molar-refractivity contribution in [3.05, 3.63) is 45.8 Å². The summed E-state index contributed by atoms with van der Waals surface area (Å²) in [5.41, 5.74) is 0.429. The van der Waals surface area contributed by atoms with Crippen LogP contribution in [0.15, 0.2) is 34.4 Å². The summed E-state index contributed by atoms with van der Waals surface area (Å²) < 4.78 is 11.6. The number of imidazole rings is 1. The lowest BCUT2D eigenvalue weighted by molar-refractivity contribution is -0.120. The van der Waals surface area contributed by atoms with Crippen molar-refractivity contribution in [1.29, 1.82) is 0 Å². The standard InChI is InChI=1S/C24H30N4O6S/c1-5-14(3)20(21(30)27-23-25-17(13-35-23)18(29)6-2)28-22(31)19(26-24(28)32)15-7-9-16(10-8-15)34-12-11-33-4/h7-10,13-14,20,31H,5-6,11-12H2,1-4H3,(H,26,32)(H,25,27,30)/t14-,20-/m0/s1. The summed E-state index contributed by atoms with van der Waals surface area (Å²) >= 11 is 1.13. The topological polar surface area (TPSA) is 136 Å². The highest BCUT2D eigenvalue weighted by Crippen LogP contribution is 2.33. The Morgan fingerprint density at radius 2 is 1.94 bits per heavy atom. The smallest absolute Gasteiger partial charge is 0.329 e. The van der Waals surface area contributed by atoms with Crippen LogP contribution in [-0.2, 0) is 9.53 Å². The number of hydrogen-bond donors (Lipinski definition) is 3. The number of methoxy groups -OCH3 is 1. The number of aromatic nitrogens is 3. The predicted molar refractivity (Wildman–Crippen MR) is 133 cm³/mol. The molecule has 2 heterocycles. The minimum Gasteiger partial charge on any atom is -0.493 e. The summed E-state index contributed by atoms with van der Waals surface area (Å²) in [5, 5.41) is 15.5. The van der Waals surface area contributed by atoms with Gasteiger partial charge in [0.2, 0.25) is 11.8 Å². The molecule has 2 atom stereocenters. The summed E-state index contributed by atoms with van der Waals surface area (Å²) in [4.78, 5) is 44.8. The highest BCUT2D eigenvalue weighted by atomic mass is 32.1. The zero-order valence-electron chi connectivity index (χ0n) is 20.2. The number of anilines is 1. The van der Waals surface area contributed by atoms with Gasteiger partial charge in [0, 0.05) is 24.5 Å². The van der Waals surface area contributed by atoms with Gasteiger partial charge in [0.05, 0.1) is 6.61 Å². The highest BCUT2D eigenvalue weighted by Gasteiger charge is 2.32. The van der Waals surface area contributed by atoms with E-state index in [0.29, 0.717) is 37.4 Å². The number of ether oxygens (including phenoxy) is 2. The largest absolute Gasteiger partial charge is 0.493 e. The Morgan fingerprint density at radius 3 is 2.57 bits per heavy atom. The number of ketones is 1. The Balaban J connectivity index is 1.88. The first-order chi connectivity index (χ1) is 16.8. The average Bonchev–Trinajstić information content (AvgIpc) is 3.44. The number of carbonyl (C=O) groups is 2. The molecule has 0 fully saturated rings. The molecule has 0 saturated carbocycles. The van der Waals surface area contributed by atoms with Gasteiger partial charge in [-0.1, -0.05) is 27.2 Å². The van der Waals surface area contributed by atoms with Crippen molar-refractivity contribution in [3.8, 4) is 22.9 Å². The summed E-state index contributed by atoms with van der Waals surface area (Å²) in [5.74, 6) is -0.637. The minimum atomic E-state index is -0.997. The molecule has 1 amide bonds. The van der Waals surface area contributed by atoms with Gasteiger partial charge in [-0.3, -0.25) is 9.59 Å². The Hall–Kier alpha value is -3.44. The Morgan fingerprint density at radius 1 is 1.23 bits per heavy atom. The van der Waals surface area contributed by atoms with E-state index in [2.05, 4.69) is 15.3 Å². The van der Waals surface area contributed by atoms with Gasteiger partial charge in [0.25, 0.3) is 0 Å². The summed E-state index contributed by atoms with van der Waals surface area (Å²) in [7, 11) is 1.59. The lowest BCUT2D eigenvalue weighted by Crippen LogP contribution is -2.35. The zero-order chi connectivity index (χ0) is 25.5. The van der Waals surface area contributed by atoms with E-state index in [0.717, 1.165) is 15.9 Å². The normalized spacial score (nSPS) is 12.8. The maximum Gasteiger partial charge on any atom is 0.329 e. The van der Waals surface area contributed by atoms with E-state index in [-0.39, 0.29) is 34.1 Å². The number of nitrogens with one attached hydrogen (secondary N) is 2. The number of carbonyl (C=O) groups excluding carboxylic acids is 2. The Labute approximate surface area is 206 Å². The Kier molecular flexibility index (Phi) is 8.83. The van der Waals surface area contributed by atoms with E-state index < -0.39 is 17.6 Å². The molecule has 188 valence electrons. The lowest BCUT2D eigenvalue weighted by Gasteiger charge is -2.23. The number of aromatic hydroxyl groups is 1. The number of benzene rings is 1. The van der Waals surface area contributed by atoms with Crippen LogP contribution in [0.5, 0.6) is 11.6 Å². The molecule has 0 unspecified atom stereocenters. The molecule has 0 aliphatic rings. The number of thiazole rings is 1. The number of aromatic amines is 1. The van der Waals surface area contributed by atoms with Crippen LogP contribution < -0.4 is 15.7 Å². The molecule has 2 aromatic heterocycles. The molecule has 1 aromatic carbocycles. The quantitative estimate of drug-likeness (QED) is 0.253. The van der Waals surface area contributed by atoms with E-state index in [9.17, 15) is 19.5 Å². The molecule has 3 rings (SSSR count). The van der Waals surface area contributed by atoms with E-state index in [1.807, 2.05) is 13.8 Å². The van der Waals surface area contributed by atoms with Gasteiger partial charge in [-0.15, -0.1) is 11.3 Å². The number of nitrogens with zero attached hydrogens (tertiary/aromatic N) is 2. The maximum atomic E-state index is 13.2. The van der Waals surface area contributed by atoms with Crippen molar-refractivity contribution in [2.24, 2.45) is 5.92 Å². The first-order valence-corrected chi connectivity index (χ1v) is 12.2. The van der Waals surface area contributed by atoms with Crippen LogP contribution in [0.4, 0.5) is 5.13 Å². The van der Waals surface area contributed by atoms with Crippen molar-refractivity contribution >= 4 is 28.2 Å². The number of hydrogen-bond acceptors (Lipinski definition) is 8. The first-order valence-electron chi connectivity index (χ1n) is 11.4. The molecule has 0 aliphatic carbocycles. The molecule has 10 nitrogen and oxygen atoms in total. The van der Waals surface area contributed by atoms with Gasteiger partial charge in [0.15, 0.2) is 10.9 Å². The van der Waals surface area contributed by atoms with Crippen molar-refractivity contribution < 1.29 is 24.2 Å². The summed E-state index contributed by atoms with van der Waals surface area (Å²) in [6.07, 6.45) is 0.887. The number of H-pyrrole nitrogens is 1. The molecule has 0 bridgehead atoms. The van der Waals surface area contributed by atoms with Crippen LogP contribution in [0.2, 0.25) is 0 Å². The molecule has 35 heavy (non-hydrogen) atoms. The van der Waals surface area contributed by atoms with Crippen molar-refractivity contribution in [2.45, 2.75) is 39.7 Å². The molecule has 11 heteroatoms. The molecular weight excluding hydrogens is 472 g/mol. The fourth-order valence-electron chi connectivity index (χ4n) is 3.53. The predicted octanol–water partition coefficient (Wildman–Crippen LogP) is 3.85. The molecule has 0 radical (unpaired) electrons. The van der Waals surface area contributed by atoms with Crippen molar-refractivity contribution in [2.75, 3.05) is 25.6 Å². The van der Waals surface area contributed by atoms with Crippen LogP contribution in [0.1, 0.15) is 50.1 Å². The third kappa shape index (κ3) is 5.98. The highest BCUT2D eigenvalue weighted by molar-refractivity contribution is 7.14. The third-order valence-corrected chi connectivity index (χ3v) is 6.43. The second kappa shape index (κ2) is 11.8. The van der Waals surface area contributed by atoms with E-state index in [1.54, 1.807) is 43.7 Å². The van der Waals surface area contributed by atoms with Gasteiger partial charge in [-0.2, -0.15) is 0 Å². The molecule has 0 aliphatic heterocycles. The van der Waals surface area contributed by atoms with Crippen LogP contribution in [0.3, 0.4) is 0 Å². The number of amides is 1. The first kappa shape index (κ1) is 26.2. The molecule has 3 aromatic rings. The van der Waals surface area contributed by atoms with Gasteiger partial charge >= 0.3 is 5.69 Å². The van der Waals surface area contributed by atoms with Gasteiger partial charge in [0.1, 0.15) is 29.8 Å². The van der Waals surface area contributed by atoms with Crippen molar-refractivity contribution in [3.63, 3.8) is 0 Å². The molecule has 0 saturated heterocycles. The van der Waals surface area contributed by atoms with E-state index in [4.69, 9.17) is 9.47 Å². The summed E-state index contributed by atoms with van der Waals surface area (Å²) in [6.45, 7) is 6.30. The van der Waals surface area contributed by atoms with Gasteiger partial charge in [-0.05, 0) is 30.2 Å². The fourth-order valence-corrected chi connectivity index (χ4v) is 4.25. The molecule has 0 spiro atoms. The summed E-state index contributed by atoms with van der Waals surface area (Å²) in [6, 6.07) is 5.85. The van der Waals surface area contributed by atoms with Crippen LogP contribution in [0.25, 0.3) is 11.3 Å². The average molecular weight is 503 g/mol. The van der Waals surface area contributed by atoms with Gasteiger partial charge < -0.3 is 24.9 Å². The molecule has 3 N–H and O–H groups in total. The SMILES string of the molecule is CCC(=O)c1csc(NC(=O)[C@H]([C@@H](C)CC)n2c(O)c(-c3ccc(OCCOC)cc3)[nH]c2=O)n1. The number of Topliss-reactive ketones (excluding diaryl/α,β-unsaturated/α-hetero) is 1. The molecular formula is C24H30N4O6S. The minimum absolute atomic E-state index is 0.125. The van der Waals surface area contributed by atoms with E-state index in [1.165, 1.54) is 0 Å². The van der Waals surface area contributed by atoms with Crippen LogP contribution >= 0.6 is 11.3 Å². The lowest BCUT2D eigenvalue weighted by atomic mass is 9.98. The van der Waals surface area contributed by atoms with Crippen LogP contribution in [0, 0.1) is 5.92 Å². The maximum absolute atomic E-state index is 13.2. The Bertz CT molecular complexity index is 1210. The monoisotopic (exact) mass is 502 g/mol. The van der Waals surface area contributed by atoms with Gasteiger partial charge in [-0.25, -0.2) is 14.3 Å². The van der Waals surface area contributed by atoms with Crippen molar-refractivity contribution in [1.82, 2.24) is 14.5 Å². The van der Waals surface area contributed by atoms with E-state index >= 15 is 0 Å². The fraction of sp³-hybridized carbons (Fsp3) is 0.417. The third-order valence-electron chi connectivity index (χ3n) is 5.67. The number of rotatable bonds is 12. The van der Waals surface area contributed by atoms with Crippen LogP contribution in [-0.4, -0.2) is 51.7 Å².